The molecular formula is C15H15O8P. The lowest BCUT2D eigenvalue weighted by Gasteiger charge is -2.13. The number of hydrogen-bond donors (Lipinski definition) is 5. The minimum absolute atomic E-state index is 0.0820. The molecule has 0 saturated carbocycles. The van der Waals surface area contributed by atoms with Crippen LogP contribution in [0, 0.1) is 0 Å². The standard InChI is InChI=1S/C15H15O8P/c16-10-4-1-9(2-5-10)3-6-12(18)15-13(19)7-11(17)8-14(15)23-24(20,21)22/h1-2,4-5,7-8,16-17,19H,3,6H2,(H2,20,21,22). The van der Waals surface area contributed by atoms with Crippen molar-refractivity contribution in [1.29, 1.82) is 0 Å². The molecule has 128 valence electrons. The molecule has 0 atom stereocenters. The molecule has 0 aliphatic carbocycles. The summed E-state index contributed by atoms with van der Waals surface area (Å²) in [6.07, 6.45) is 0.190. The smallest absolute Gasteiger partial charge is 0.508 e. The normalized spacial score (nSPS) is 11.2. The molecular weight excluding hydrogens is 339 g/mol. The predicted molar refractivity (Wildman–Crippen MR) is 83.2 cm³/mol. The van der Waals surface area contributed by atoms with Gasteiger partial charge in [0.1, 0.15) is 28.6 Å². The van der Waals surface area contributed by atoms with Crippen LogP contribution in [0.25, 0.3) is 0 Å². The van der Waals surface area contributed by atoms with Crippen LogP contribution in [0.5, 0.6) is 23.0 Å². The van der Waals surface area contributed by atoms with Gasteiger partial charge in [0.15, 0.2) is 5.78 Å². The van der Waals surface area contributed by atoms with Gasteiger partial charge in [-0.1, -0.05) is 12.1 Å². The van der Waals surface area contributed by atoms with Gasteiger partial charge in [0, 0.05) is 18.6 Å². The maximum atomic E-state index is 12.3. The second kappa shape index (κ2) is 6.92. The van der Waals surface area contributed by atoms with Gasteiger partial charge >= 0.3 is 7.82 Å². The number of ketones is 1. The highest BCUT2D eigenvalue weighted by Crippen LogP contribution is 2.43. The van der Waals surface area contributed by atoms with Crippen molar-refractivity contribution in [1.82, 2.24) is 0 Å². The van der Waals surface area contributed by atoms with Crippen molar-refractivity contribution in [2.24, 2.45) is 0 Å². The second-order valence-corrected chi connectivity index (χ2v) is 6.17. The SMILES string of the molecule is O=C(CCc1ccc(O)cc1)c1c(O)cc(O)cc1OP(=O)(O)O. The van der Waals surface area contributed by atoms with Crippen LogP contribution in [0.15, 0.2) is 36.4 Å². The molecule has 9 heteroatoms. The number of phosphoric ester groups is 1. The van der Waals surface area contributed by atoms with E-state index in [1.807, 2.05) is 0 Å². The largest absolute Gasteiger partial charge is 0.524 e. The molecule has 0 aliphatic heterocycles. The van der Waals surface area contributed by atoms with Crippen LogP contribution in [0.3, 0.4) is 0 Å². The monoisotopic (exact) mass is 354 g/mol. The van der Waals surface area contributed by atoms with Crippen LogP contribution >= 0.6 is 7.82 Å². The third-order valence-electron chi connectivity index (χ3n) is 3.14. The van der Waals surface area contributed by atoms with Crippen molar-refractivity contribution >= 4 is 13.6 Å². The summed E-state index contributed by atoms with van der Waals surface area (Å²) in [6, 6.07) is 7.87. The first-order valence-corrected chi connectivity index (χ1v) is 8.31. The van der Waals surface area contributed by atoms with Crippen LogP contribution in [-0.2, 0) is 11.0 Å². The van der Waals surface area contributed by atoms with Gasteiger partial charge in [-0.25, -0.2) is 4.57 Å². The number of carbonyl (C=O) groups excluding carboxylic acids is 1. The van der Waals surface area contributed by atoms with Gasteiger partial charge in [-0.3, -0.25) is 14.6 Å². The van der Waals surface area contributed by atoms with Gasteiger partial charge in [-0.2, -0.15) is 0 Å². The molecule has 8 nitrogen and oxygen atoms in total. The van der Waals surface area contributed by atoms with Crippen LogP contribution in [0.2, 0.25) is 0 Å². The van der Waals surface area contributed by atoms with E-state index in [-0.39, 0.29) is 18.6 Å². The third kappa shape index (κ3) is 4.73. The van der Waals surface area contributed by atoms with Crippen molar-refractivity contribution in [3.8, 4) is 23.0 Å². The van der Waals surface area contributed by atoms with E-state index in [9.17, 15) is 24.7 Å². The first-order valence-electron chi connectivity index (χ1n) is 6.78. The first kappa shape index (κ1) is 17.8. The summed E-state index contributed by atoms with van der Waals surface area (Å²) in [6.45, 7) is 0. The summed E-state index contributed by atoms with van der Waals surface area (Å²) in [5.41, 5.74) is 0.326. The number of Topliss-reactive ketones (excluding diaryl/α,β-unsaturated/α-hetero) is 1. The van der Waals surface area contributed by atoms with Crippen LogP contribution in [0.4, 0.5) is 0 Å². The Morgan fingerprint density at radius 1 is 1.00 bits per heavy atom. The number of hydrogen-bond acceptors (Lipinski definition) is 6. The minimum Gasteiger partial charge on any atom is -0.508 e. The molecule has 0 heterocycles. The summed E-state index contributed by atoms with van der Waals surface area (Å²) in [4.78, 5) is 30.1. The number of rotatable bonds is 6. The highest BCUT2D eigenvalue weighted by molar-refractivity contribution is 7.46. The number of phosphoric acid groups is 1. The molecule has 0 bridgehead atoms. The summed E-state index contributed by atoms with van der Waals surface area (Å²) < 4.78 is 15.4. The molecule has 0 aliphatic rings. The fraction of sp³-hybridized carbons (Fsp3) is 0.133. The zero-order valence-electron chi connectivity index (χ0n) is 12.3. The van der Waals surface area contributed by atoms with Crippen molar-refractivity contribution in [3.63, 3.8) is 0 Å². The maximum absolute atomic E-state index is 12.3. The zero-order valence-corrected chi connectivity index (χ0v) is 13.2. The Balaban J connectivity index is 2.24. The summed E-state index contributed by atoms with van der Waals surface area (Å²) in [7, 11) is -4.98. The molecule has 0 fully saturated rings. The highest BCUT2D eigenvalue weighted by Gasteiger charge is 2.25. The van der Waals surface area contributed by atoms with Gasteiger partial charge in [0.25, 0.3) is 0 Å². The van der Waals surface area contributed by atoms with Gasteiger partial charge in [-0.15, -0.1) is 0 Å². The summed E-state index contributed by atoms with van der Waals surface area (Å²) >= 11 is 0. The van der Waals surface area contributed by atoms with E-state index in [1.165, 1.54) is 12.1 Å². The van der Waals surface area contributed by atoms with E-state index in [0.29, 0.717) is 0 Å². The summed E-state index contributed by atoms with van der Waals surface area (Å²) in [5.74, 6) is -2.29. The molecule has 0 amide bonds. The molecule has 0 saturated heterocycles. The lowest BCUT2D eigenvalue weighted by atomic mass is 10.0. The van der Waals surface area contributed by atoms with Gasteiger partial charge < -0.3 is 19.8 Å². The molecule has 2 aromatic carbocycles. The maximum Gasteiger partial charge on any atom is 0.524 e. The predicted octanol–water partition coefficient (Wildman–Crippen LogP) is 2.09. The van der Waals surface area contributed by atoms with Crippen molar-refractivity contribution < 1.29 is 39.0 Å². The van der Waals surface area contributed by atoms with E-state index >= 15 is 0 Å². The average Bonchev–Trinajstić information content (AvgIpc) is 2.44. The Bertz CT molecular complexity index is 794. The number of aromatic hydroxyl groups is 3. The Morgan fingerprint density at radius 3 is 2.21 bits per heavy atom. The molecule has 5 N–H and O–H groups in total. The van der Waals surface area contributed by atoms with Crippen molar-refractivity contribution in [2.75, 3.05) is 0 Å². The fourth-order valence-corrected chi connectivity index (χ4v) is 2.51. The van der Waals surface area contributed by atoms with Gasteiger partial charge in [0.2, 0.25) is 0 Å². The van der Waals surface area contributed by atoms with Crippen LogP contribution < -0.4 is 4.52 Å². The van der Waals surface area contributed by atoms with Crippen molar-refractivity contribution in [2.45, 2.75) is 12.8 Å². The number of phenolic OH excluding ortho intramolecular Hbond substituents is 3. The van der Waals surface area contributed by atoms with E-state index in [4.69, 9.17) is 9.79 Å². The molecule has 0 unspecified atom stereocenters. The lowest BCUT2D eigenvalue weighted by molar-refractivity contribution is 0.0978. The van der Waals surface area contributed by atoms with Crippen molar-refractivity contribution in [3.05, 3.63) is 47.5 Å². The number of benzene rings is 2. The fourth-order valence-electron chi connectivity index (χ4n) is 2.11. The summed E-state index contributed by atoms with van der Waals surface area (Å²) in [5, 5.41) is 28.4. The van der Waals surface area contributed by atoms with Gasteiger partial charge in [0.05, 0.1) is 0 Å². The lowest BCUT2D eigenvalue weighted by Crippen LogP contribution is -2.05. The van der Waals surface area contributed by atoms with Gasteiger partial charge in [-0.05, 0) is 24.1 Å². The molecule has 24 heavy (non-hydrogen) atoms. The Labute approximate surface area is 136 Å². The quantitative estimate of drug-likeness (QED) is 0.392. The molecule has 2 aromatic rings. The topological polar surface area (TPSA) is 145 Å². The van der Waals surface area contributed by atoms with E-state index < -0.39 is 36.4 Å². The van der Waals surface area contributed by atoms with Crippen LogP contribution in [-0.4, -0.2) is 30.9 Å². The Hall–Kier alpha value is -2.54. The Morgan fingerprint density at radius 2 is 1.62 bits per heavy atom. The molecule has 0 spiro atoms. The van der Waals surface area contributed by atoms with E-state index in [0.717, 1.165) is 17.7 Å². The number of carbonyl (C=O) groups is 1. The minimum atomic E-state index is -4.98. The molecule has 2 rings (SSSR count). The van der Waals surface area contributed by atoms with Crippen LogP contribution in [0.1, 0.15) is 22.3 Å². The van der Waals surface area contributed by atoms with E-state index in [1.54, 1.807) is 12.1 Å². The third-order valence-corrected chi connectivity index (χ3v) is 3.57. The Kier molecular flexibility index (Phi) is 5.14. The molecule has 0 aromatic heterocycles. The first-order chi connectivity index (χ1) is 11.2. The number of aryl methyl sites for hydroxylation is 1. The van der Waals surface area contributed by atoms with E-state index in [2.05, 4.69) is 4.52 Å². The average molecular weight is 354 g/mol. The highest BCUT2D eigenvalue weighted by atomic mass is 31.2. The molecule has 0 radical (unpaired) electrons. The zero-order chi connectivity index (χ0) is 17.9. The second-order valence-electron chi connectivity index (χ2n) is 5.01. The number of phenols is 3.